The minimum absolute atomic E-state index is 0.102. The number of nitrogens with one attached hydrogen (secondary N) is 1. The molecule has 0 aromatic heterocycles. The highest BCUT2D eigenvalue weighted by molar-refractivity contribution is 6.09. The van der Waals surface area contributed by atoms with Gasteiger partial charge in [0.15, 0.2) is 0 Å². The fraction of sp³-hybridized carbons (Fsp3) is 0.655. The molecule has 1 aromatic rings. The van der Waals surface area contributed by atoms with Crippen LogP contribution in [0.2, 0.25) is 0 Å². The highest BCUT2D eigenvalue weighted by Crippen LogP contribution is 2.44. The van der Waals surface area contributed by atoms with Gasteiger partial charge in [0, 0.05) is 23.2 Å². The molecule has 5 heteroatoms. The Morgan fingerprint density at radius 1 is 1.03 bits per heavy atom. The van der Waals surface area contributed by atoms with E-state index in [-0.39, 0.29) is 23.7 Å². The second-order valence-corrected chi connectivity index (χ2v) is 11.2. The third-order valence-electron chi connectivity index (χ3n) is 8.82. The first-order valence-electron chi connectivity index (χ1n) is 13.7. The van der Waals surface area contributed by atoms with E-state index < -0.39 is 0 Å². The van der Waals surface area contributed by atoms with Gasteiger partial charge in [-0.1, -0.05) is 44.2 Å². The van der Waals surface area contributed by atoms with Crippen LogP contribution in [0.5, 0.6) is 0 Å². The Kier molecular flexibility index (Phi) is 7.36. The molecule has 184 valence electrons. The van der Waals surface area contributed by atoms with Crippen LogP contribution >= 0.6 is 0 Å². The van der Waals surface area contributed by atoms with Gasteiger partial charge in [-0.25, -0.2) is 4.39 Å². The molecule has 0 saturated heterocycles. The number of aliphatic imine (C=N–C) groups is 1. The lowest BCUT2D eigenvalue weighted by molar-refractivity contribution is -0.118. The van der Waals surface area contributed by atoms with Gasteiger partial charge in [-0.05, 0) is 87.3 Å². The van der Waals surface area contributed by atoms with Crippen molar-refractivity contribution in [3.8, 4) is 0 Å². The van der Waals surface area contributed by atoms with Gasteiger partial charge < -0.3 is 11.1 Å². The largest absolute Gasteiger partial charge is 0.394 e. The lowest BCUT2D eigenvalue weighted by Gasteiger charge is -2.26. The number of benzene rings is 1. The summed E-state index contributed by atoms with van der Waals surface area (Å²) in [6, 6.07) is 7.51. The van der Waals surface area contributed by atoms with Crippen LogP contribution in [0, 0.1) is 23.6 Å². The van der Waals surface area contributed by atoms with E-state index in [1.165, 1.54) is 44.6 Å². The number of hydrogen-bond donors (Lipinski definition) is 2. The number of nitrogens with zero attached hydrogens (tertiary/aromatic N) is 1. The average Bonchev–Trinajstić information content (AvgIpc) is 3.40. The molecule has 2 bridgehead atoms. The molecule has 0 radical (unpaired) electrons. The van der Waals surface area contributed by atoms with Crippen LogP contribution in [0.3, 0.4) is 0 Å². The van der Waals surface area contributed by atoms with Crippen molar-refractivity contribution in [2.45, 2.75) is 102 Å². The van der Waals surface area contributed by atoms with Crippen molar-refractivity contribution >= 4 is 11.6 Å². The van der Waals surface area contributed by atoms with Crippen molar-refractivity contribution in [2.75, 3.05) is 0 Å². The summed E-state index contributed by atoms with van der Waals surface area (Å²) in [4.78, 5) is 18.7. The lowest BCUT2D eigenvalue weighted by atomic mass is 9.86. The number of amides is 1. The molecule has 4 saturated carbocycles. The fourth-order valence-corrected chi connectivity index (χ4v) is 7.02. The maximum absolute atomic E-state index is 13.9. The highest BCUT2D eigenvalue weighted by Gasteiger charge is 2.40. The molecule has 4 atom stereocenters. The summed E-state index contributed by atoms with van der Waals surface area (Å²) in [5.74, 6) is 1.28. The Morgan fingerprint density at radius 3 is 2.59 bits per heavy atom. The Bertz CT molecular complexity index is 948. The zero-order chi connectivity index (χ0) is 23.5. The monoisotopic (exact) mass is 465 g/mol. The SMILES string of the molecule is N/C(C(=O)N[C@@H]1CC2CCC1C2)=C1/CCCCC(Cc2cccc(F)c2)C1=NC1CCCCC1. The van der Waals surface area contributed by atoms with Crippen molar-refractivity contribution in [2.24, 2.45) is 28.5 Å². The van der Waals surface area contributed by atoms with Crippen LogP contribution in [-0.4, -0.2) is 23.7 Å². The summed E-state index contributed by atoms with van der Waals surface area (Å²) >= 11 is 0. The Morgan fingerprint density at radius 2 is 1.85 bits per heavy atom. The molecule has 4 aliphatic rings. The molecule has 4 nitrogen and oxygen atoms in total. The third-order valence-corrected chi connectivity index (χ3v) is 8.82. The minimum atomic E-state index is -0.197. The molecule has 3 unspecified atom stereocenters. The molecule has 4 aliphatic carbocycles. The number of halogens is 1. The van der Waals surface area contributed by atoms with E-state index in [4.69, 9.17) is 10.7 Å². The first kappa shape index (κ1) is 23.6. The first-order chi connectivity index (χ1) is 16.6. The first-order valence-corrected chi connectivity index (χ1v) is 13.7. The van der Waals surface area contributed by atoms with Crippen LogP contribution < -0.4 is 11.1 Å². The average molecular weight is 466 g/mol. The number of rotatable bonds is 5. The van der Waals surface area contributed by atoms with Crippen LogP contribution in [0.1, 0.15) is 89.0 Å². The molecule has 1 aromatic carbocycles. The number of hydrogen-bond acceptors (Lipinski definition) is 3. The molecule has 0 aliphatic heterocycles. The van der Waals surface area contributed by atoms with Crippen molar-refractivity contribution in [1.82, 2.24) is 5.32 Å². The predicted molar refractivity (Wildman–Crippen MR) is 135 cm³/mol. The molecular formula is C29H40FN3O. The summed E-state index contributed by atoms with van der Waals surface area (Å²) in [6.07, 6.45) is 15.5. The van der Waals surface area contributed by atoms with E-state index >= 15 is 0 Å². The van der Waals surface area contributed by atoms with Gasteiger partial charge in [0.25, 0.3) is 5.91 Å². The molecular weight excluding hydrogens is 425 g/mol. The van der Waals surface area contributed by atoms with Gasteiger partial charge in [-0.3, -0.25) is 9.79 Å². The Labute approximate surface area is 203 Å². The van der Waals surface area contributed by atoms with Crippen LogP contribution in [-0.2, 0) is 11.2 Å². The molecule has 0 heterocycles. The van der Waals surface area contributed by atoms with E-state index in [0.717, 1.165) is 74.1 Å². The quantitative estimate of drug-likeness (QED) is 0.423. The Hall–Kier alpha value is -2.17. The Balaban J connectivity index is 1.43. The molecule has 34 heavy (non-hydrogen) atoms. The van der Waals surface area contributed by atoms with Crippen LogP contribution in [0.25, 0.3) is 0 Å². The zero-order valence-corrected chi connectivity index (χ0v) is 20.4. The van der Waals surface area contributed by atoms with Crippen molar-refractivity contribution in [3.63, 3.8) is 0 Å². The number of carbonyl (C=O) groups is 1. The summed E-state index contributed by atoms with van der Waals surface area (Å²) < 4.78 is 13.9. The standard InChI is InChI=1S/C29H40FN3O/c30-23-9-6-7-19(17-23)16-22-8-4-5-12-25(28(22)32-24-10-2-1-3-11-24)27(31)29(34)33-26-18-20-13-14-21(26)15-20/h6-7,9,17,20-22,24,26H,1-5,8,10-16,18,31H2,(H,33,34)/b27-25-,32-28?/t20?,21?,22?,26-/m1/s1. The van der Waals surface area contributed by atoms with Crippen molar-refractivity contribution in [1.29, 1.82) is 0 Å². The van der Waals surface area contributed by atoms with Gasteiger partial charge in [-0.2, -0.15) is 0 Å². The second kappa shape index (κ2) is 10.6. The van der Waals surface area contributed by atoms with Gasteiger partial charge in [0.2, 0.25) is 0 Å². The predicted octanol–water partition coefficient (Wildman–Crippen LogP) is 5.85. The summed E-state index contributed by atoms with van der Waals surface area (Å²) in [5.41, 5.74) is 10.0. The van der Waals surface area contributed by atoms with Gasteiger partial charge >= 0.3 is 0 Å². The van der Waals surface area contributed by atoms with Gasteiger partial charge in [0.1, 0.15) is 11.5 Å². The van der Waals surface area contributed by atoms with Crippen LogP contribution in [0.4, 0.5) is 4.39 Å². The number of carbonyl (C=O) groups excluding carboxylic acids is 1. The maximum Gasteiger partial charge on any atom is 0.267 e. The van der Waals surface area contributed by atoms with Crippen LogP contribution in [0.15, 0.2) is 40.5 Å². The molecule has 0 spiro atoms. The maximum atomic E-state index is 13.9. The van der Waals surface area contributed by atoms with Crippen molar-refractivity contribution < 1.29 is 9.18 Å². The van der Waals surface area contributed by atoms with E-state index in [1.54, 1.807) is 12.1 Å². The molecule has 3 N–H and O–H groups in total. The normalized spacial score (nSPS) is 32.6. The number of allylic oxidation sites excluding steroid dienone is 1. The summed E-state index contributed by atoms with van der Waals surface area (Å²) in [6.45, 7) is 0. The fourth-order valence-electron chi connectivity index (χ4n) is 7.02. The summed E-state index contributed by atoms with van der Waals surface area (Å²) in [7, 11) is 0. The molecule has 4 fully saturated rings. The smallest absolute Gasteiger partial charge is 0.267 e. The second-order valence-electron chi connectivity index (χ2n) is 11.2. The topological polar surface area (TPSA) is 67.5 Å². The number of fused-ring (bicyclic) bond motifs is 2. The van der Waals surface area contributed by atoms with Gasteiger partial charge in [0.05, 0.1) is 6.04 Å². The summed E-state index contributed by atoms with van der Waals surface area (Å²) in [5, 5.41) is 3.30. The van der Waals surface area contributed by atoms with Gasteiger partial charge in [-0.15, -0.1) is 0 Å². The van der Waals surface area contributed by atoms with E-state index in [1.807, 2.05) is 6.07 Å². The zero-order valence-electron chi connectivity index (χ0n) is 20.4. The highest BCUT2D eigenvalue weighted by atomic mass is 19.1. The van der Waals surface area contributed by atoms with E-state index in [2.05, 4.69) is 5.32 Å². The van der Waals surface area contributed by atoms with E-state index in [9.17, 15) is 9.18 Å². The van der Waals surface area contributed by atoms with E-state index in [0.29, 0.717) is 17.7 Å². The molecule has 5 rings (SSSR count). The minimum Gasteiger partial charge on any atom is -0.394 e. The van der Waals surface area contributed by atoms with Crippen molar-refractivity contribution in [3.05, 3.63) is 46.9 Å². The molecule has 1 amide bonds. The lowest BCUT2D eigenvalue weighted by Crippen LogP contribution is -2.41. The third kappa shape index (κ3) is 5.39. The number of nitrogens with two attached hydrogens (primary N) is 1.